The summed E-state index contributed by atoms with van der Waals surface area (Å²) in [6.07, 6.45) is 1.18. The molecule has 0 radical (unpaired) electrons. The van der Waals surface area contributed by atoms with Crippen molar-refractivity contribution in [2.24, 2.45) is 0 Å². The maximum Gasteiger partial charge on any atom is 0.160 e. The van der Waals surface area contributed by atoms with Gasteiger partial charge in [-0.15, -0.1) is 0 Å². The van der Waals surface area contributed by atoms with E-state index in [9.17, 15) is 5.26 Å². The van der Waals surface area contributed by atoms with Crippen LogP contribution in [0, 0.1) is 11.3 Å². The van der Waals surface area contributed by atoms with Crippen LogP contribution in [0.15, 0.2) is 18.2 Å². The highest BCUT2D eigenvalue weighted by atomic mass is 16.5. The molecule has 110 valence electrons. The number of aliphatic hydroxyl groups is 1. The summed E-state index contributed by atoms with van der Waals surface area (Å²) < 4.78 is 10.5. The average Bonchev–Trinajstić information content (AvgIpc) is 2.47. The predicted molar refractivity (Wildman–Crippen MR) is 77.0 cm³/mol. The van der Waals surface area contributed by atoms with Crippen molar-refractivity contribution >= 4 is 0 Å². The molecule has 0 aromatic heterocycles. The van der Waals surface area contributed by atoms with Crippen LogP contribution < -0.4 is 14.8 Å². The summed E-state index contributed by atoms with van der Waals surface area (Å²) in [4.78, 5) is 0. The molecule has 0 spiro atoms. The Morgan fingerprint density at radius 1 is 1.30 bits per heavy atom. The smallest absolute Gasteiger partial charge is 0.160 e. The predicted octanol–water partition coefficient (Wildman–Crippen LogP) is 1.50. The molecule has 0 amide bonds. The first kappa shape index (κ1) is 16.3. The maximum absolute atomic E-state index is 9.34. The molecule has 5 nitrogen and oxygen atoms in total. The minimum absolute atomic E-state index is 0.116. The second-order valence-electron chi connectivity index (χ2n) is 4.81. The van der Waals surface area contributed by atoms with E-state index in [1.165, 1.54) is 0 Å². The zero-order valence-electron chi connectivity index (χ0n) is 12.3. The van der Waals surface area contributed by atoms with E-state index in [1.807, 2.05) is 25.1 Å². The summed E-state index contributed by atoms with van der Waals surface area (Å²) in [7, 11) is 3.18. The van der Waals surface area contributed by atoms with Crippen molar-refractivity contribution in [3.05, 3.63) is 23.8 Å². The second kappa shape index (κ2) is 7.73. The molecular weight excluding hydrogens is 256 g/mol. The Bertz CT molecular complexity index is 471. The Hall–Kier alpha value is -1.77. The Kier molecular flexibility index (Phi) is 6.29. The number of hydrogen-bond acceptors (Lipinski definition) is 5. The average molecular weight is 278 g/mol. The van der Waals surface area contributed by atoms with Crippen LogP contribution in [0.4, 0.5) is 0 Å². The first-order valence-corrected chi connectivity index (χ1v) is 6.56. The third kappa shape index (κ3) is 4.41. The number of nitrogens with one attached hydrogen (secondary N) is 1. The molecule has 0 aliphatic carbocycles. The highest BCUT2D eigenvalue weighted by Gasteiger charge is 2.23. The number of rotatable bonds is 8. The van der Waals surface area contributed by atoms with Crippen molar-refractivity contribution in [3.63, 3.8) is 0 Å². The summed E-state index contributed by atoms with van der Waals surface area (Å²) in [5.41, 5.74) is 0.317. The summed E-state index contributed by atoms with van der Waals surface area (Å²) >= 11 is 0. The van der Waals surface area contributed by atoms with E-state index in [0.717, 1.165) is 5.56 Å². The molecule has 1 rings (SSSR count). The van der Waals surface area contributed by atoms with Crippen LogP contribution in [0.25, 0.3) is 0 Å². The molecule has 1 aromatic carbocycles. The third-order valence-corrected chi connectivity index (χ3v) is 3.10. The van der Waals surface area contributed by atoms with Crippen LogP contribution >= 0.6 is 0 Å². The van der Waals surface area contributed by atoms with E-state index in [2.05, 4.69) is 11.4 Å². The lowest BCUT2D eigenvalue weighted by atomic mass is 9.94. The van der Waals surface area contributed by atoms with Crippen molar-refractivity contribution in [1.82, 2.24) is 5.32 Å². The van der Waals surface area contributed by atoms with Crippen molar-refractivity contribution in [2.45, 2.75) is 25.3 Å². The number of nitrogens with zero attached hydrogens (tertiary/aromatic N) is 1. The summed E-state index contributed by atoms with van der Waals surface area (Å²) in [5.74, 6) is 1.32. The van der Waals surface area contributed by atoms with Gasteiger partial charge in [-0.2, -0.15) is 5.26 Å². The van der Waals surface area contributed by atoms with Crippen molar-refractivity contribution in [1.29, 1.82) is 5.26 Å². The number of methoxy groups -OCH3 is 2. The topological polar surface area (TPSA) is 74.5 Å². The molecule has 0 fully saturated rings. The lowest BCUT2D eigenvalue weighted by Gasteiger charge is -2.23. The van der Waals surface area contributed by atoms with Crippen LogP contribution in [-0.2, 0) is 6.42 Å². The molecule has 0 saturated heterocycles. The van der Waals surface area contributed by atoms with Crippen molar-refractivity contribution in [2.75, 3.05) is 27.4 Å². The fraction of sp³-hybridized carbons (Fsp3) is 0.533. The Labute approximate surface area is 120 Å². The summed E-state index contributed by atoms with van der Waals surface area (Å²) in [6, 6.07) is 7.92. The molecule has 0 aliphatic heterocycles. The molecule has 1 atom stereocenters. The van der Waals surface area contributed by atoms with Gasteiger partial charge in [0.05, 0.1) is 20.3 Å². The zero-order chi connectivity index (χ0) is 15.0. The Morgan fingerprint density at radius 3 is 2.55 bits per heavy atom. The van der Waals surface area contributed by atoms with Gasteiger partial charge in [0.2, 0.25) is 0 Å². The standard InChI is InChI=1S/C15H22N2O3/c1-15(11-16,17-7-4-8-18)10-12-5-6-13(19-2)14(9-12)20-3/h5-6,9,17-18H,4,7-8,10H2,1-3H3. The molecule has 5 heteroatoms. The molecule has 0 saturated carbocycles. The number of aliphatic hydroxyl groups excluding tert-OH is 1. The minimum atomic E-state index is -0.672. The van der Waals surface area contributed by atoms with Crippen molar-refractivity contribution in [3.8, 4) is 17.6 Å². The molecular formula is C15H22N2O3. The van der Waals surface area contributed by atoms with Crippen LogP contribution in [0.3, 0.4) is 0 Å². The number of nitriles is 1. The molecule has 2 N–H and O–H groups in total. The molecule has 20 heavy (non-hydrogen) atoms. The fourth-order valence-corrected chi connectivity index (χ4v) is 1.98. The van der Waals surface area contributed by atoms with Crippen LogP contribution in [0.2, 0.25) is 0 Å². The first-order valence-electron chi connectivity index (χ1n) is 6.56. The van der Waals surface area contributed by atoms with Gasteiger partial charge >= 0.3 is 0 Å². The van der Waals surface area contributed by atoms with Gasteiger partial charge in [0.1, 0.15) is 5.54 Å². The normalized spacial score (nSPS) is 13.3. The van der Waals surface area contributed by atoms with E-state index in [1.54, 1.807) is 14.2 Å². The van der Waals surface area contributed by atoms with Crippen LogP contribution in [0.1, 0.15) is 18.9 Å². The zero-order valence-corrected chi connectivity index (χ0v) is 12.3. The molecule has 1 aromatic rings. The lowest BCUT2D eigenvalue weighted by Crippen LogP contribution is -2.43. The third-order valence-electron chi connectivity index (χ3n) is 3.10. The number of benzene rings is 1. The van der Waals surface area contributed by atoms with Crippen molar-refractivity contribution < 1.29 is 14.6 Å². The van der Waals surface area contributed by atoms with Gasteiger partial charge in [-0.05, 0) is 37.6 Å². The Balaban J connectivity index is 2.82. The molecule has 0 aliphatic rings. The number of ether oxygens (including phenoxy) is 2. The minimum Gasteiger partial charge on any atom is -0.493 e. The summed E-state index contributed by atoms with van der Waals surface area (Å²) in [5, 5.41) is 21.3. The largest absolute Gasteiger partial charge is 0.493 e. The van der Waals surface area contributed by atoms with Gasteiger partial charge in [0.15, 0.2) is 11.5 Å². The maximum atomic E-state index is 9.34. The number of hydrogen-bond donors (Lipinski definition) is 2. The second-order valence-corrected chi connectivity index (χ2v) is 4.81. The first-order chi connectivity index (χ1) is 9.58. The van der Waals surface area contributed by atoms with E-state index in [0.29, 0.717) is 30.9 Å². The highest BCUT2D eigenvalue weighted by Crippen LogP contribution is 2.28. The fourth-order valence-electron chi connectivity index (χ4n) is 1.98. The van der Waals surface area contributed by atoms with Gasteiger partial charge in [0.25, 0.3) is 0 Å². The van der Waals surface area contributed by atoms with Gasteiger partial charge in [-0.3, -0.25) is 5.32 Å². The quantitative estimate of drug-likeness (QED) is 0.705. The molecule has 1 unspecified atom stereocenters. The van der Waals surface area contributed by atoms with Crippen LogP contribution in [0.5, 0.6) is 11.5 Å². The molecule has 0 bridgehead atoms. The SMILES string of the molecule is COc1ccc(CC(C)(C#N)NCCCO)cc1OC. The Morgan fingerprint density at radius 2 is 2.00 bits per heavy atom. The van der Waals surface area contributed by atoms with Gasteiger partial charge in [-0.25, -0.2) is 0 Å². The van der Waals surface area contributed by atoms with Gasteiger partial charge < -0.3 is 14.6 Å². The van der Waals surface area contributed by atoms with E-state index in [-0.39, 0.29) is 6.61 Å². The van der Waals surface area contributed by atoms with E-state index in [4.69, 9.17) is 14.6 Å². The highest BCUT2D eigenvalue weighted by molar-refractivity contribution is 5.43. The van der Waals surface area contributed by atoms with Gasteiger partial charge in [0, 0.05) is 13.0 Å². The van der Waals surface area contributed by atoms with Crippen LogP contribution in [-0.4, -0.2) is 38.0 Å². The van der Waals surface area contributed by atoms with E-state index < -0.39 is 5.54 Å². The summed E-state index contributed by atoms with van der Waals surface area (Å²) in [6.45, 7) is 2.57. The molecule has 0 heterocycles. The monoisotopic (exact) mass is 278 g/mol. The van der Waals surface area contributed by atoms with Gasteiger partial charge in [-0.1, -0.05) is 6.07 Å². The lowest BCUT2D eigenvalue weighted by molar-refractivity contribution is 0.279. The van der Waals surface area contributed by atoms with E-state index >= 15 is 0 Å².